The molecule has 0 bridgehead atoms. The van der Waals surface area contributed by atoms with Crippen LogP contribution in [0.25, 0.3) is 0 Å². The van der Waals surface area contributed by atoms with Crippen molar-refractivity contribution >= 4 is 5.69 Å². The van der Waals surface area contributed by atoms with Gasteiger partial charge in [0.05, 0.1) is 12.2 Å². The highest BCUT2D eigenvalue weighted by atomic mass is 16.5. The average Bonchev–Trinajstić information content (AvgIpc) is 2.46. The van der Waals surface area contributed by atoms with Gasteiger partial charge in [0.15, 0.2) is 0 Å². The lowest BCUT2D eigenvalue weighted by Crippen LogP contribution is -2.44. The summed E-state index contributed by atoms with van der Waals surface area (Å²) in [4.78, 5) is 2.67. The molecule has 3 unspecified atom stereocenters. The first-order valence-corrected chi connectivity index (χ1v) is 9.12. The lowest BCUT2D eigenvalue weighted by molar-refractivity contribution is 0.103. The Morgan fingerprint density at radius 2 is 1.96 bits per heavy atom. The molecule has 0 radical (unpaired) electrons. The molecule has 23 heavy (non-hydrogen) atoms. The van der Waals surface area contributed by atoms with Gasteiger partial charge in [-0.05, 0) is 63.1 Å². The van der Waals surface area contributed by atoms with Crippen LogP contribution in [0.2, 0.25) is 0 Å². The van der Waals surface area contributed by atoms with E-state index in [-0.39, 0.29) is 5.60 Å². The number of rotatable bonds is 3. The summed E-state index contributed by atoms with van der Waals surface area (Å²) in [6.45, 7) is 14.7. The van der Waals surface area contributed by atoms with Gasteiger partial charge in [-0.1, -0.05) is 19.9 Å². The van der Waals surface area contributed by atoms with Gasteiger partial charge in [0.2, 0.25) is 0 Å². The third kappa shape index (κ3) is 4.00. The highest BCUT2D eigenvalue weighted by Crippen LogP contribution is 2.34. The third-order valence-electron chi connectivity index (χ3n) is 5.19. The van der Waals surface area contributed by atoms with Gasteiger partial charge in [-0.2, -0.15) is 0 Å². The molecule has 1 saturated heterocycles. The Kier molecular flexibility index (Phi) is 4.59. The molecule has 3 heteroatoms. The predicted molar refractivity (Wildman–Crippen MR) is 97.3 cm³/mol. The van der Waals surface area contributed by atoms with Crippen LogP contribution in [0.3, 0.4) is 0 Å². The molecule has 1 aromatic carbocycles. The van der Waals surface area contributed by atoms with Gasteiger partial charge < -0.3 is 10.1 Å². The molecule has 0 spiro atoms. The van der Waals surface area contributed by atoms with Crippen molar-refractivity contribution in [2.24, 2.45) is 11.8 Å². The zero-order valence-electron chi connectivity index (χ0n) is 15.4. The smallest absolute Gasteiger partial charge is 0.143 e. The number of piperidine rings is 1. The number of hydrogen-bond acceptors (Lipinski definition) is 3. The standard InChI is InChI=1S/C20H32N2O/c1-14-8-15(2)12-22(11-14)16(3)9-17-6-7-19-18(10-17)21-13-20(4,5)23-19/h6-7,10,14-16,21H,8-9,11-13H2,1-5H3. The maximum Gasteiger partial charge on any atom is 0.143 e. The van der Waals surface area contributed by atoms with Gasteiger partial charge in [-0.25, -0.2) is 0 Å². The van der Waals surface area contributed by atoms with E-state index in [9.17, 15) is 0 Å². The van der Waals surface area contributed by atoms with Gasteiger partial charge in [0, 0.05) is 19.1 Å². The van der Waals surface area contributed by atoms with Crippen LogP contribution in [0, 0.1) is 11.8 Å². The maximum absolute atomic E-state index is 6.05. The van der Waals surface area contributed by atoms with E-state index in [1.807, 2.05) is 0 Å². The van der Waals surface area contributed by atoms with Crippen molar-refractivity contribution in [3.05, 3.63) is 23.8 Å². The number of hydrogen-bond donors (Lipinski definition) is 1. The summed E-state index contributed by atoms with van der Waals surface area (Å²) in [5, 5.41) is 3.52. The third-order valence-corrected chi connectivity index (χ3v) is 5.19. The number of anilines is 1. The Hall–Kier alpha value is -1.22. The summed E-state index contributed by atoms with van der Waals surface area (Å²) in [6, 6.07) is 7.24. The minimum absolute atomic E-state index is 0.123. The zero-order chi connectivity index (χ0) is 16.6. The highest BCUT2D eigenvalue weighted by Gasteiger charge is 2.27. The number of likely N-dealkylation sites (tertiary alicyclic amines) is 1. The van der Waals surface area contributed by atoms with E-state index in [4.69, 9.17) is 4.74 Å². The lowest BCUT2D eigenvalue weighted by atomic mass is 9.90. The zero-order valence-corrected chi connectivity index (χ0v) is 15.4. The van der Waals surface area contributed by atoms with Crippen LogP contribution in [0.5, 0.6) is 5.75 Å². The molecular weight excluding hydrogens is 284 g/mol. The second-order valence-electron chi connectivity index (χ2n) is 8.50. The van der Waals surface area contributed by atoms with E-state index in [2.05, 4.69) is 63.0 Å². The van der Waals surface area contributed by atoms with E-state index in [0.717, 1.165) is 36.2 Å². The highest BCUT2D eigenvalue weighted by molar-refractivity contribution is 5.60. The van der Waals surface area contributed by atoms with Gasteiger partial charge >= 0.3 is 0 Å². The number of benzene rings is 1. The first kappa shape index (κ1) is 16.6. The summed E-state index contributed by atoms with van der Waals surface area (Å²) in [7, 11) is 0. The van der Waals surface area contributed by atoms with Crippen molar-refractivity contribution in [1.82, 2.24) is 4.90 Å². The largest absolute Gasteiger partial charge is 0.484 e. The Labute approximate surface area is 141 Å². The molecule has 0 saturated carbocycles. The first-order chi connectivity index (χ1) is 10.8. The molecule has 2 heterocycles. The summed E-state index contributed by atoms with van der Waals surface area (Å²) in [5.41, 5.74) is 2.43. The lowest BCUT2D eigenvalue weighted by Gasteiger charge is -2.39. The van der Waals surface area contributed by atoms with Crippen LogP contribution in [0.15, 0.2) is 18.2 Å². The van der Waals surface area contributed by atoms with Crippen LogP contribution in [0.4, 0.5) is 5.69 Å². The summed E-state index contributed by atoms with van der Waals surface area (Å²) in [5.74, 6) is 2.63. The molecule has 1 N–H and O–H groups in total. The molecule has 1 fully saturated rings. The Morgan fingerprint density at radius 1 is 1.26 bits per heavy atom. The number of ether oxygens (including phenoxy) is 1. The first-order valence-electron chi connectivity index (χ1n) is 9.12. The minimum Gasteiger partial charge on any atom is -0.484 e. The van der Waals surface area contributed by atoms with E-state index in [0.29, 0.717) is 6.04 Å². The maximum atomic E-state index is 6.05. The van der Waals surface area contributed by atoms with Crippen LogP contribution in [-0.4, -0.2) is 36.2 Å². The molecule has 1 aromatic rings. The molecule has 3 rings (SSSR count). The molecule has 0 aromatic heterocycles. The quantitative estimate of drug-likeness (QED) is 0.905. The number of nitrogens with zero attached hydrogens (tertiary/aromatic N) is 1. The van der Waals surface area contributed by atoms with Crippen molar-refractivity contribution in [2.45, 2.75) is 59.1 Å². The average molecular weight is 316 g/mol. The van der Waals surface area contributed by atoms with Gasteiger partial charge in [0.1, 0.15) is 11.4 Å². The molecule has 3 nitrogen and oxygen atoms in total. The van der Waals surface area contributed by atoms with E-state index in [1.54, 1.807) is 0 Å². The Morgan fingerprint density at radius 3 is 2.65 bits per heavy atom. The number of nitrogens with one attached hydrogen (secondary N) is 1. The summed E-state index contributed by atoms with van der Waals surface area (Å²) >= 11 is 0. The van der Waals surface area contributed by atoms with Gasteiger partial charge in [-0.15, -0.1) is 0 Å². The van der Waals surface area contributed by atoms with Crippen molar-refractivity contribution in [1.29, 1.82) is 0 Å². The summed E-state index contributed by atoms with van der Waals surface area (Å²) < 4.78 is 6.05. The second-order valence-corrected chi connectivity index (χ2v) is 8.50. The van der Waals surface area contributed by atoms with E-state index in [1.165, 1.54) is 25.1 Å². The summed E-state index contributed by atoms with van der Waals surface area (Å²) in [6.07, 6.45) is 2.48. The molecular formula is C20H32N2O. The molecule has 2 aliphatic heterocycles. The molecule has 2 aliphatic rings. The van der Waals surface area contributed by atoms with Crippen molar-refractivity contribution in [3.63, 3.8) is 0 Å². The van der Waals surface area contributed by atoms with Gasteiger partial charge in [-0.3, -0.25) is 4.90 Å². The molecule has 3 atom stereocenters. The van der Waals surface area contributed by atoms with Crippen LogP contribution in [0.1, 0.15) is 46.6 Å². The van der Waals surface area contributed by atoms with Crippen LogP contribution < -0.4 is 10.1 Å². The van der Waals surface area contributed by atoms with Crippen molar-refractivity contribution < 1.29 is 4.74 Å². The Bertz CT molecular complexity index is 545. The normalized spacial score (nSPS) is 28.4. The molecule has 0 aliphatic carbocycles. The topological polar surface area (TPSA) is 24.5 Å². The SMILES string of the molecule is CC1CC(C)CN(C(C)Cc2ccc3c(c2)NCC(C)(C)O3)C1. The number of fused-ring (bicyclic) bond motifs is 1. The Balaban J connectivity index is 1.66. The molecule has 0 amide bonds. The van der Waals surface area contributed by atoms with Crippen LogP contribution >= 0.6 is 0 Å². The minimum atomic E-state index is -0.123. The fourth-order valence-electron chi connectivity index (χ4n) is 4.11. The van der Waals surface area contributed by atoms with E-state index >= 15 is 0 Å². The van der Waals surface area contributed by atoms with Gasteiger partial charge in [0.25, 0.3) is 0 Å². The predicted octanol–water partition coefficient (Wildman–Crippen LogP) is 4.18. The monoisotopic (exact) mass is 316 g/mol. The van der Waals surface area contributed by atoms with Crippen molar-refractivity contribution in [2.75, 3.05) is 25.0 Å². The second kappa shape index (κ2) is 6.35. The fraction of sp³-hybridized carbons (Fsp3) is 0.700. The van der Waals surface area contributed by atoms with E-state index < -0.39 is 0 Å². The van der Waals surface area contributed by atoms with Crippen LogP contribution in [-0.2, 0) is 6.42 Å². The van der Waals surface area contributed by atoms with Crippen molar-refractivity contribution in [3.8, 4) is 5.75 Å². The molecule has 128 valence electrons. The fourth-order valence-corrected chi connectivity index (χ4v) is 4.11.